The van der Waals surface area contributed by atoms with Crippen LogP contribution in [0.5, 0.6) is 0 Å². The largest absolute Gasteiger partial charge is 0.386 e. The van der Waals surface area contributed by atoms with Crippen LogP contribution in [0.15, 0.2) is 42.9 Å². The van der Waals surface area contributed by atoms with Crippen LogP contribution < -0.4 is 0 Å². The minimum Gasteiger partial charge on any atom is -0.386 e. The number of aliphatic hydroxyl groups is 1. The molecule has 0 aliphatic carbocycles. The Bertz CT molecular complexity index is 759. The number of hydrogen-bond acceptors (Lipinski definition) is 4. The van der Waals surface area contributed by atoms with Crippen molar-refractivity contribution in [2.75, 3.05) is 0 Å². The van der Waals surface area contributed by atoms with Crippen molar-refractivity contribution in [3.05, 3.63) is 48.5 Å². The summed E-state index contributed by atoms with van der Waals surface area (Å²) in [7, 11) is 0. The first-order chi connectivity index (χ1) is 9.98. The normalized spacial score (nSPS) is 13.5. The lowest BCUT2D eigenvalue weighted by Gasteiger charge is -2.25. The Kier molecular flexibility index (Phi) is 3.22. The molecule has 3 rings (SSSR count). The number of nitrogens with zero attached hydrogens (tertiary/aromatic N) is 4. The first-order valence-corrected chi connectivity index (χ1v) is 6.90. The number of benzene rings is 1. The monoisotopic (exact) mass is 282 g/mol. The Morgan fingerprint density at radius 1 is 1.10 bits per heavy atom. The van der Waals surface area contributed by atoms with Crippen molar-refractivity contribution in [1.82, 2.24) is 19.7 Å². The summed E-state index contributed by atoms with van der Waals surface area (Å²) in [5.41, 5.74) is 1.96. The molecule has 21 heavy (non-hydrogen) atoms. The average molecular weight is 282 g/mol. The zero-order valence-electron chi connectivity index (χ0n) is 12.4. The topological polar surface area (TPSA) is 63.8 Å². The van der Waals surface area contributed by atoms with Crippen molar-refractivity contribution >= 4 is 11.0 Å². The van der Waals surface area contributed by atoms with Gasteiger partial charge in [0.2, 0.25) is 0 Å². The number of fused-ring (bicyclic) bond motifs is 1. The smallest absolute Gasteiger partial charge is 0.166 e. The van der Waals surface area contributed by atoms with Crippen molar-refractivity contribution in [2.24, 2.45) is 5.41 Å². The van der Waals surface area contributed by atoms with Gasteiger partial charge in [-0.2, -0.15) is 5.10 Å². The Morgan fingerprint density at radius 3 is 2.48 bits per heavy atom. The third-order valence-electron chi connectivity index (χ3n) is 3.48. The molecule has 0 fully saturated rings. The summed E-state index contributed by atoms with van der Waals surface area (Å²) in [5.74, 6) is 0. The molecular formula is C16H18N4O. The number of aliphatic hydroxyl groups excluding tert-OH is 1. The zero-order valence-corrected chi connectivity index (χ0v) is 12.4. The predicted octanol–water partition coefficient (Wildman–Crippen LogP) is 2.90. The molecule has 0 aliphatic rings. The SMILES string of the molecule is CC(C)(C)C(O)c1ncnc2c1cnn2-c1ccccc1. The highest BCUT2D eigenvalue weighted by Gasteiger charge is 2.27. The van der Waals surface area contributed by atoms with Crippen molar-refractivity contribution in [2.45, 2.75) is 26.9 Å². The molecule has 0 saturated heterocycles. The van der Waals surface area contributed by atoms with Crippen LogP contribution >= 0.6 is 0 Å². The first-order valence-electron chi connectivity index (χ1n) is 6.90. The van der Waals surface area contributed by atoms with Gasteiger partial charge in [0.25, 0.3) is 0 Å². The molecule has 0 aliphatic heterocycles. The lowest BCUT2D eigenvalue weighted by atomic mass is 9.86. The first kappa shape index (κ1) is 13.7. The average Bonchev–Trinajstić information content (AvgIpc) is 2.90. The highest BCUT2D eigenvalue weighted by molar-refractivity contribution is 5.79. The maximum absolute atomic E-state index is 10.5. The van der Waals surface area contributed by atoms with Crippen molar-refractivity contribution < 1.29 is 5.11 Å². The molecule has 1 atom stereocenters. The maximum atomic E-state index is 10.5. The third kappa shape index (κ3) is 2.40. The Labute approximate surface area is 123 Å². The fourth-order valence-electron chi connectivity index (χ4n) is 2.25. The lowest BCUT2D eigenvalue weighted by Crippen LogP contribution is -2.19. The summed E-state index contributed by atoms with van der Waals surface area (Å²) in [6, 6.07) is 9.80. The Balaban J connectivity index is 2.17. The van der Waals surface area contributed by atoms with Gasteiger partial charge in [0, 0.05) is 0 Å². The van der Waals surface area contributed by atoms with E-state index >= 15 is 0 Å². The van der Waals surface area contributed by atoms with Gasteiger partial charge in [-0.3, -0.25) is 0 Å². The van der Waals surface area contributed by atoms with Crippen LogP contribution in [0.1, 0.15) is 32.6 Å². The van der Waals surface area contributed by atoms with Gasteiger partial charge in [0.05, 0.1) is 23.0 Å². The van der Waals surface area contributed by atoms with E-state index in [4.69, 9.17) is 0 Å². The molecule has 0 bridgehead atoms. The minimum atomic E-state index is -0.670. The van der Waals surface area contributed by atoms with Crippen LogP contribution in [0.25, 0.3) is 16.7 Å². The summed E-state index contributed by atoms with van der Waals surface area (Å²) in [5, 5.41) is 15.7. The van der Waals surface area contributed by atoms with Gasteiger partial charge < -0.3 is 5.11 Å². The predicted molar refractivity (Wildman–Crippen MR) is 81.1 cm³/mol. The third-order valence-corrected chi connectivity index (χ3v) is 3.48. The van der Waals surface area contributed by atoms with Gasteiger partial charge in [-0.25, -0.2) is 14.6 Å². The molecular weight excluding hydrogens is 264 g/mol. The van der Waals surface area contributed by atoms with E-state index in [1.807, 2.05) is 51.1 Å². The fraction of sp³-hybridized carbons (Fsp3) is 0.312. The molecule has 1 aromatic carbocycles. The zero-order chi connectivity index (χ0) is 15.0. The maximum Gasteiger partial charge on any atom is 0.166 e. The number of hydrogen-bond donors (Lipinski definition) is 1. The fourth-order valence-corrected chi connectivity index (χ4v) is 2.25. The molecule has 5 heteroatoms. The summed E-state index contributed by atoms with van der Waals surface area (Å²) in [4.78, 5) is 8.59. The van der Waals surface area contributed by atoms with E-state index in [0.717, 1.165) is 11.1 Å². The number of aromatic nitrogens is 4. The summed E-state index contributed by atoms with van der Waals surface area (Å²) >= 11 is 0. The standard InChI is InChI=1S/C16H18N4O/c1-16(2,3)14(21)13-12-9-19-20(15(12)18-10-17-13)11-7-5-4-6-8-11/h4-10,14,21H,1-3H3. The summed E-state index contributed by atoms with van der Waals surface area (Å²) in [6.45, 7) is 5.94. The van der Waals surface area contributed by atoms with Gasteiger partial charge in [0.15, 0.2) is 5.65 Å². The summed E-state index contributed by atoms with van der Waals surface area (Å²) < 4.78 is 1.76. The van der Waals surface area contributed by atoms with Crippen molar-refractivity contribution in [3.63, 3.8) is 0 Å². The van der Waals surface area contributed by atoms with Gasteiger partial charge in [-0.1, -0.05) is 39.0 Å². The molecule has 3 aromatic rings. The van der Waals surface area contributed by atoms with E-state index in [0.29, 0.717) is 11.3 Å². The van der Waals surface area contributed by atoms with E-state index in [9.17, 15) is 5.11 Å². The molecule has 0 spiro atoms. The van der Waals surface area contributed by atoms with Gasteiger partial charge in [-0.05, 0) is 17.5 Å². The molecule has 0 amide bonds. The van der Waals surface area contributed by atoms with Crippen LogP contribution in [0.4, 0.5) is 0 Å². The van der Waals surface area contributed by atoms with Crippen LogP contribution in [0, 0.1) is 5.41 Å². The molecule has 0 radical (unpaired) electrons. The molecule has 2 heterocycles. The molecule has 1 N–H and O–H groups in total. The van der Waals surface area contributed by atoms with Gasteiger partial charge in [-0.15, -0.1) is 0 Å². The van der Waals surface area contributed by atoms with Gasteiger partial charge in [0.1, 0.15) is 12.4 Å². The van der Waals surface area contributed by atoms with Gasteiger partial charge >= 0.3 is 0 Å². The van der Waals surface area contributed by atoms with E-state index in [2.05, 4.69) is 15.1 Å². The second kappa shape index (κ2) is 4.93. The number of rotatable bonds is 2. The van der Waals surface area contributed by atoms with E-state index in [1.54, 1.807) is 10.9 Å². The second-order valence-electron chi connectivity index (χ2n) is 6.16. The van der Waals surface area contributed by atoms with Crippen LogP contribution in [-0.2, 0) is 0 Å². The van der Waals surface area contributed by atoms with E-state index in [-0.39, 0.29) is 5.41 Å². The highest BCUT2D eigenvalue weighted by Crippen LogP contribution is 2.34. The van der Waals surface area contributed by atoms with Crippen LogP contribution in [-0.4, -0.2) is 24.9 Å². The van der Waals surface area contributed by atoms with Crippen molar-refractivity contribution in [3.8, 4) is 5.69 Å². The van der Waals surface area contributed by atoms with Crippen molar-refractivity contribution in [1.29, 1.82) is 0 Å². The molecule has 0 saturated carbocycles. The lowest BCUT2D eigenvalue weighted by molar-refractivity contribution is 0.0602. The Morgan fingerprint density at radius 2 is 1.81 bits per heavy atom. The quantitative estimate of drug-likeness (QED) is 0.785. The molecule has 108 valence electrons. The second-order valence-corrected chi connectivity index (χ2v) is 6.16. The highest BCUT2D eigenvalue weighted by atomic mass is 16.3. The van der Waals surface area contributed by atoms with E-state index < -0.39 is 6.10 Å². The summed E-state index contributed by atoms with van der Waals surface area (Å²) in [6.07, 6.45) is 2.52. The molecule has 5 nitrogen and oxygen atoms in total. The Hall–Kier alpha value is -2.27. The van der Waals surface area contributed by atoms with Crippen LogP contribution in [0.2, 0.25) is 0 Å². The molecule has 2 aromatic heterocycles. The van der Waals surface area contributed by atoms with Crippen LogP contribution in [0.3, 0.4) is 0 Å². The van der Waals surface area contributed by atoms with E-state index in [1.165, 1.54) is 6.33 Å². The molecule has 1 unspecified atom stereocenters. The minimum absolute atomic E-state index is 0.296. The number of para-hydroxylation sites is 1.